The number of ether oxygens (including phenoxy) is 1. The van der Waals surface area contributed by atoms with Gasteiger partial charge in [-0.25, -0.2) is 15.0 Å². The number of rotatable bonds is 8. The third-order valence-corrected chi connectivity index (χ3v) is 3.99. The fraction of sp³-hybridized carbons (Fsp3) is 0.500. The fourth-order valence-electron chi connectivity index (χ4n) is 1.81. The summed E-state index contributed by atoms with van der Waals surface area (Å²) < 4.78 is 4.99. The van der Waals surface area contributed by atoms with Crippen LogP contribution in [0.5, 0.6) is 0 Å². The highest BCUT2D eigenvalue weighted by Crippen LogP contribution is 2.16. The van der Waals surface area contributed by atoms with Gasteiger partial charge in [-0.2, -0.15) is 0 Å². The zero-order valence-electron chi connectivity index (χ0n) is 12.7. The third-order valence-electron chi connectivity index (χ3n) is 3.07. The van der Waals surface area contributed by atoms with Gasteiger partial charge in [-0.05, 0) is 6.92 Å². The van der Waals surface area contributed by atoms with Crippen molar-refractivity contribution in [2.45, 2.75) is 20.0 Å². The normalized spacial score (nSPS) is 10.8. The average molecular weight is 307 g/mol. The Morgan fingerprint density at radius 2 is 2.05 bits per heavy atom. The molecule has 0 saturated heterocycles. The van der Waals surface area contributed by atoms with Crippen molar-refractivity contribution in [3.63, 3.8) is 0 Å². The van der Waals surface area contributed by atoms with Crippen molar-refractivity contribution < 1.29 is 4.74 Å². The second-order valence-electron chi connectivity index (χ2n) is 4.78. The number of anilines is 1. The zero-order valence-corrected chi connectivity index (χ0v) is 13.5. The summed E-state index contributed by atoms with van der Waals surface area (Å²) in [4.78, 5) is 16.4. The van der Waals surface area contributed by atoms with Crippen LogP contribution in [0.15, 0.2) is 17.9 Å². The van der Waals surface area contributed by atoms with Gasteiger partial charge in [0.25, 0.3) is 0 Å². The van der Waals surface area contributed by atoms with Crippen molar-refractivity contribution in [2.24, 2.45) is 0 Å². The summed E-state index contributed by atoms with van der Waals surface area (Å²) in [7, 11) is 3.69. The van der Waals surface area contributed by atoms with Crippen LogP contribution in [0.2, 0.25) is 0 Å². The number of aromatic nitrogens is 3. The number of nitrogens with one attached hydrogen (secondary N) is 1. The standard InChI is InChI=1S/C14H21N5OS/c1-11-13(21-10-18-11)9-19(2)14-16-7-12(8-17-14)6-15-4-5-20-3/h7-8,10,15H,4-6,9H2,1-3H3. The van der Waals surface area contributed by atoms with Crippen molar-refractivity contribution in [2.75, 3.05) is 32.2 Å². The molecule has 0 aromatic carbocycles. The Labute approximate surface area is 129 Å². The van der Waals surface area contributed by atoms with Gasteiger partial charge in [-0.3, -0.25) is 0 Å². The minimum absolute atomic E-state index is 0.704. The van der Waals surface area contributed by atoms with E-state index in [0.717, 1.165) is 36.8 Å². The molecule has 21 heavy (non-hydrogen) atoms. The summed E-state index contributed by atoms with van der Waals surface area (Å²) in [5.41, 5.74) is 4.01. The summed E-state index contributed by atoms with van der Waals surface area (Å²) in [6.07, 6.45) is 3.72. The molecule has 6 nitrogen and oxygen atoms in total. The van der Waals surface area contributed by atoms with E-state index in [1.165, 1.54) is 4.88 Å². The molecule has 0 aliphatic rings. The van der Waals surface area contributed by atoms with Crippen molar-refractivity contribution >= 4 is 17.3 Å². The highest BCUT2D eigenvalue weighted by molar-refractivity contribution is 7.09. The first-order valence-electron chi connectivity index (χ1n) is 6.81. The molecule has 0 aliphatic heterocycles. The SMILES string of the molecule is COCCNCc1cnc(N(C)Cc2scnc2C)nc1. The van der Waals surface area contributed by atoms with Gasteiger partial charge in [0, 0.05) is 50.1 Å². The zero-order chi connectivity index (χ0) is 15.1. The van der Waals surface area contributed by atoms with E-state index in [-0.39, 0.29) is 0 Å². The Morgan fingerprint density at radius 1 is 1.29 bits per heavy atom. The Bertz CT molecular complexity index is 543. The minimum atomic E-state index is 0.704. The molecule has 0 atom stereocenters. The number of methoxy groups -OCH3 is 1. The summed E-state index contributed by atoms with van der Waals surface area (Å²) in [5, 5.41) is 3.27. The summed E-state index contributed by atoms with van der Waals surface area (Å²) >= 11 is 1.66. The molecule has 2 heterocycles. The van der Waals surface area contributed by atoms with E-state index in [9.17, 15) is 0 Å². The van der Waals surface area contributed by atoms with Crippen LogP contribution in [0.1, 0.15) is 16.1 Å². The van der Waals surface area contributed by atoms with Gasteiger partial charge in [0.2, 0.25) is 5.95 Å². The Balaban J connectivity index is 1.87. The predicted molar refractivity (Wildman–Crippen MR) is 84.6 cm³/mol. The van der Waals surface area contributed by atoms with Crippen LogP contribution in [0, 0.1) is 6.92 Å². The van der Waals surface area contributed by atoms with E-state index < -0.39 is 0 Å². The molecule has 0 bridgehead atoms. The molecule has 0 unspecified atom stereocenters. The summed E-state index contributed by atoms with van der Waals surface area (Å²) in [6.45, 7) is 5.08. The first-order chi connectivity index (χ1) is 10.2. The van der Waals surface area contributed by atoms with E-state index in [4.69, 9.17) is 4.74 Å². The average Bonchev–Trinajstić information content (AvgIpc) is 2.89. The van der Waals surface area contributed by atoms with Gasteiger partial charge >= 0.3 is 0 Å². The number of aryl methyl sites for hydroxylation is 1. The maximum absolute atomic E-state index is 4.99. The lowest BCUT2D eigenvalue weighted by Gasteiger charge is -2.16. The molecule has 2 aromatic heterocycles. The van der Waals surface area contributed by atoms with Gasteiger partial charge in [-0.1, -0.05) is 0 Å². The molecule has 0 fully saturated rings. The lowest BCUT2D eigenvalue weighted by atomic mass is 10.3. The van der Waals surface area contributed by atoms with Crippen LogP contribution in [0.3, 0.4) is 0 Å². The highest BCUT2D eigenvalue weighted by Gasteiger charge is 2.08. The molecule has 0 radical (unpaired) electrons. The first kappa shape index (κ1) is 15.8. The van der Waals surface area contributed by atoms with Crippen LogP contribution < -0.4 is 10.2 Å². The van der Waals surface area contributed by atoms with Gasteiger partial charge in [0.15, 0.2) is 0 Å². The lowest BCUT2D eigenvalue weighted by molar-refractivity contribution is 0.199. The van der Waals surface area contributed by atoms with E-state index in [0.29, 0.717) is 6.61 Å². The molecule has 1 N–H and O–H groups in total. The molecule has 7 heteroatoms. The second-order valence-corrected chi connectivity index (χ2v) is 5.72. The van der Waals surface area contributed by atoms with E-state index in [1.54, 1.807) is 18.4 Å². The molecule has 2 aromatic rings. The van der Waals surface area contributed by atoms with Crippen LogP contribution in [0.25, 0.3) is 0 Å². The minimum Gasteiger partial charge on any atom is -0.383 e. The van der Waals surface area contributed by atoms with Crippen LogP contribution in [-0.2, 0) is 17.8 Å². The molecule has 2 rings (SSSR count). The Morgan fingerprint density at radius 3 is 2.67 bits per heavy atom. The largest absolute Gasteiger partial charge is 0.383 e. The van der Waals surface area contributed by atoms with Crippen molar-refractivity contribution in [1.82, 2.24) is 20.3 Å². The molecule has 0 amide bonds. The van der Waals surface area contributed by atoms with Crippen LogP contribution in [0.4, 0.5) is 5.95 Å². The van der Waals surface area contributed by atoms with Gasteiger partial charge in [-0.15, -0.1) is 11.3 Å². The Kier molecular flexibility index (Phi) is 6.04. The summed E-state index contributed by atoms with van der Waals surface area (Å²) in [6, 6.07) is 0. The second kappa shape index (κ2) is 8.02. The number of hydrogen-bond donors (Lipinski definition) is 1. The molecule has 0 spiro atoms. The van der Waals surface area contributed by atoms with Gasteiger partial charge < -0.3 is 15.0 Å². The fourth-order valence-corrected chi connectivity index (χ4v) is 2.64. The van der Waals surface area contributed by atoms with E-state index in [2.05, 4.69) is 20.3 Å². The number of nitrogens with zero attached hydrogens (tertiary/aromatic N) is 4. The monoisotopic (exact) mass is 307 g/mol. The van der Waals surface area contributed by atoms with Crippen LogP contribution >= 0.6 is 11.3 Å². The maximum atomic E-state index is 4.99. The molecule has 0 aliphatic carbocycles. The van der Waals surface area contributed by atoms with Crippen molar-refractivity contribution in [3.05, 3.63) is 34.0 Å². The first-order valence-corrected chi connectivity index (χ1v) is 7.69. The van der Waals surface area contributed by atoms with Crippen LogP contribution in [-0.4, -0.2) is 42.3 Å². The van der Waals surface area contributed by atoms with E-state index in [1.807, 2.05) is 36.8 Å². The smallest absolute Gasteiger partial charge is 0.225 e. The molecule has 0 saturated carbocycles. The van der Waals surface area contributed by atoms with E-state index >= 15 is 0 Å². The van der Waals surface area contributed by atoms with Gasteiger partial charge in [0.05, 0.1) is 24.4 Å². The number of hydrogen-bond acceptors (Lipinski definition) is 7. The number of thiazole rings is 1. The molecule has 114 valence electrons. The Hall–Kier alpha value is -1.57. The topological polar surface area (TPSA) is 63.2 Å². The summed E-state index contributed by atoms with van der Waals surface area (Å²) in [5.74, 6) is 0.725. The van der Waals surface area contributed by atoms with Crippen molar-refractivity contribution in [1.29, 1.82) is 0 Å². The molecular formula is C14H21N5OS. The maximum Gasteiger partial charge on any atom is 0.225 e. The third kappa shape index (κ3) is 4.73. The quantitative estimate of drug-likeness (QED) is 0.748. The predicted octanol–water partition coefficient (Wildman–Crippen LogP) is 1.61. The molecular weight excluding hydrogens is 286 g/mol. The van der Waals surface area contributed by atoms with Gasteiger partial charge in [0.1, 0.15) is 0 Å². The van der Waals surface area contributed by atoms with Crippen molar-refractivity contribution in [3.8, 4) is 0 Å². The highest BCUT2D eigenvalue weighted by atomic mass is 32.1. The lowest BCUT2D eigenvalue weighted by Crippen LogP contribution is -2.21.